The van der Waals surface area contributed by atoms with E-state index >= 15 is 0 Å². The Morgan fingerprint density at radius 2 is 1.90 bits per heavy atom. The normalized spacial score (nSPS) is 18.6. The van der Waals surface area contributed by atoms with Crippen molar-refractivity contribution in [2.75, 3.05) is 18.0 Å². The van der Waals surface area contributed by atoms with Gasteiger partial charge in [-0.25, -0.2) is 0 Å². The van der Waals surface area contributed by atoms with Crippen molar-refractivity contribution >= 4 is 5.69 Å². The Labute approximate surface area is 124 Å². The van der Waals surface area contributed by atoms with Crippen LogP contribution < -0.4 is 10.6 Å². The van der Waals surface area contributed by atoms with E-state index in [-0.39, 0.29) is 0 Å². The zero-order chi connectivity index (χ0) is 14.4. The average molecular weight is 274 g/mol. The third-order valence-electron chi connectivity index (χ3n) is 4.76. The van der Waals surface area contributed by atoms with E-state index in [2.05, 4.69) is 43.0 Å². The molecule has 1 aromatic rings. The van der Waals surface area contributed by atoms with Crippen LogP contribution in [-0.2, 0) is 0 Å². The quantitative estimate of drug-likeness (QED) is 0.818. The highest BCUT2D eigenvalue weighted by atomic mass is 15.2. The fourth-order valence-corrected chi connectivity index (χ4v) is 3.69. The van der Waals surface area contributed by atoms with Crippen LogP contribution in [0.25, 0.3) is 0 Å². The molecule has 0 spiro atoms. The Morgan fingerprint density at radius 1 is 1.20 bits per heavy atom. The maximum absolute atomic E-state index is 6.16. The molecule has 2 N–H and O–H groups in total. The predicted octanol–water partition coefficient (Wildman–Crippen LogP) is 4.12. The Balaban J connectivity index is 2.17. The number of hydrogen-bond acceptors (Lipinski definition) is 2. The fraction of sp³-hybridized carbons (Fsp3) is 0.667. The second kappa shape index (κ2) is 7.68. The third kappa shape index (κ3) is 3.76. The first-order valence-electron chi connectivity index (χ1n) is 8.29. The molecule has 2 heteroatoms. The van der Waals surface area contributed by atoms with Crippen molar-refractivity contribution in [3.8, 4) is 0 Å². The highest BCUT2D eigenvalue weighted by Crippen LogP contribution is 2.30. The van der Waals surface area contributed by atoms with Gasteiger partial charge in [0.2, 0.25) is 0 Å². The summed E-state index contributed by atoms with van der Waals surface area (Å²) in [6.45, 7) is 6.23. The maximum atomic E-state index is 6.16. The molecule has 1 aliphatic carbocycles. The zero-order valence-corrected chi connectivity index (χ0v) is 13.1. The van der Waals surface area contributed by atoms with Crippen molar-refractivity contribution in [2.45, 2.75) is 58.4 Å². The summed E-state index contributed by atoms with van der Waals surface area (Å²) in [5, 5.41) is 0. The molecule has 0 aromatic heterocycles. The Kier molecular flexibility index (Phi) is 5.90. The van der Waals surface area contributed by atoms with Crippen molar-refractivity contribution in [2.24, 2.45) is 11.7 Å². The minimum Gasteiger partial charge on any atom is -0.367 e. The molecule has 2 nitrogen and oxygen atoms in total. The summed E-state index contributed by atoms with van der Waals surface area (Å²) in [7, 11) is 0. The molecule has 2 rings (SSSR count). The molecule has 0 aliphatic heterocycles. The smallest absolute Gasteiger partial charge is 0.0440 e. The highest BCUT2D eigenvalue weighted by Gasteiger charge is 2.26. The van der Waals surface area contributed by atoms with Crippen molar-refractivity contribution in [1.29, 1.82) is 0 Å². The summed E-state index contributed by atoms with van der Waals surface area (Å²) in [5.74, 6) is 0.767. The van der Waals surface area contributed by atoms with Crippen LogP contribution in [0.15, 0.2) is 24.3 Å². The average Bonchev–Trinajstić information content (AvgIpc) is 2.73. The standard InChI is InChI=1S/C18H30N2/c1-3-20(17-12-8-9-15(2)13-17)18(14-19)16-10-6-4-5-7-11-16/h8-9,12-13,16,18H,3-7,10-11,14,19H2,1-2H3. The van der Waals surface area contributed by atoms with Crippen molar-refractivity contribution in [3.63, 3.8) is 0 Å². The van der Waals surface area contributed by atoms with Gasteiger partial charge in [-0.05, 0) is 50.3 Å². The van der Waals surface area contributed by atoms with E-state index in [9.17, 15) is 0 Å². The van der Waals surface area contributed by atoms with Crippen LogP contribution in [0.2, 0.25) is 0 Å². The number of anilines is 1. The van der Waals surface area contributed by atoms with Crippen LogP contribution in [0.3, 0.4) is 0 Å². The molecular weight excluding hydrogens is 244 g/mol. The van der Waals surface area contributed by atoms with Crippen molar-refractivity contribution in [1.82, 2.24) is 0 Å². The summed E-state index contributed by atoms with van der Waals surface area (Å²) >= 11 is 0. The minimum atomic E-state index is 0.500. The van der Waals surface area contributed by atoms with Gasteiger partial charge in [-0.15, -0.1) is 0 Å². The van der Waals surface area contributed by atoms with Crippen LogP contribution in [0, 0.1) is 12.8 Å². The molecule has 1 aromatic carbocycles. The van der Waals surface area contributed by atoms with Crippen molar-refractivity contribution in [3.05, 3.63) is 29.8 Å². The molecule has 1 fully saturated rings. The molecular formula is C18H30N2. The Morgan fingerprint density at radius 3 is 2.45 bits per heavy atom. The minimum absolute atomic E-state index is 0.500. The highest BCUT2D eigenvalue weighted by molar-refractivity contribution is 5.49. The second-order valence-electron chi connectivity index (χ2n) is 6.18. The lowest BCUT2D eigenvalue weighted by Gasteiger charge is -2.37. The van der Waals surface area contributed by atoms with E-state index in [1.807, 2.05) is 0 Å². The first-order chi connectivity index (χ1) is 9.76. The molecule has 0 saturated heterocycles. The molecule has 1 atom stereocenters. The number of hydrogen-bond donors (Lipinski definition) is 1. The van der Waals surface area contributed by atoms with Gasteiger partial charge >= 0.3 is 0 Å². The lowest BCUT2D eigenvalue weighted by Crippen LogP contribution is -2.45. The summed E-state index contributed by atoms with van der Waals surface area (Å²) < 4.78 is 0. The van der Waals surface area contributed by atoms with Crippen molar-refractivity contribution < 1.29 is 0 Å². The van der Waals surface area contributed by atoms with Gasteiger partial charge in [0.25, 0.3) is 0 Å². The van der Waals surface area contributed by atoms with Gasteiger partial charge in [-0.2, -0.15) is 0 Å². The number of benzene rings is 1. The van der Waals surface area contributed by atoms with Gasteiger partial charge in [-0.3, -0.25) is 0 Å². The van der Waals surface area contributed by atoms with Crippen LogP contribution in [0.1, 0.15) is 51.0 Å². The molecule has 0 heterocycles. The number of aryl methyl sites for hydroxylation is 1. The van der Waals surface area contributed by atoms with E-state index in [4.69, 9.17) is 5.73 Å². The van der Waals surface area contributed by atoms with E-state index in [1.54, 1.807) is 0 Å². The number of nitrogens with two attached hydrogens (primary N) is 1. The summed E-state index contributed by atoms with van der Waals surface area (Å²) in [5.41, 5.74) is 8.84. The molecule has 20 heavy (non-hydrogen) atoms. The fourth-order valence-electron chi connectivity index (χ4n) is 3.69. The third-order valence-corrected chi connectivity index (χ3v) is 4.76. The van der Waals surface area contributed by atoms with E-state index in [0.29, 0.717) is 6.04 Å². The largest absolute Gasteiger partial charge is 0.367 e. The van der Waals surface area contributed by atoms with Gasteiger partial charge < -0.3 is 10.6 Å². The van der Waals surface area contributed by atoms with E-state index in [1.165, 1.54) is 49.8 Å². The van der Waals surface area contributed by atoms with Crippen LogP contribution in [0.5, 0.6) is 0 Å². The predicted molar refractivity (Wildman–Crippen MR) is 88.2 cm³/mol. The lowest BCUT2D eigenvalue weighted by atomic mass is 9.90. The van der Waals surface area contributed by atoms with Gasteiger partial charge in [0, 0.05) is 24.8 Å². The topological polar surface area (TPSA) is 29.3 Å². The SMILES string of the molecule is CCN(c1cccc(C)c1)C(CN)C1CCCCCC1. The monoisotopic (exact) mass is 274 g/mol. The molecule has 0 amide bonds. The Hall–Kier alpha value is -1.02. The first kappa shape index (κ1) is 15.4. The summed E-state index contributed by atoms with van der Waals surface area (Å²) in [6, 6.07) is 9.35. The molecule has 112 valence electrons. The molecule has 1 aliphatic rings. The molecule has 0 radical (unpaired) electrons. The van der Waals surface area contributed by atoms with Crippen LogP contribution in [-0.4, -0.2) is 19.1 Å². The number of likely N-dealkylation sites (N-methyl/N-ethyl adjacent to an activating group) is 1. The Bertz CT molecular complexity index is 394. The summed E-state index contributed by atoms with van der Waals surface area (Å²) in [4.78, 5) is 2.53. The number of rotatable bonds is 5. The van der Waals surface area contributed by atoms with Gasteiger partial charge in [-0.1, -0.05) is 37.8 Å². The van der Waals surface area contributed by atoms with Gasteiger partial charge in [0.05, 0.1) is 0 Å². The first-order valence-corrected chi connectivity index (χ1v) is 8.29. The molecule has 1 unspecified atom stereocenters. The van der Waals surface area contributed by atoms with E-state index in [0.717, 1.165) is 19.0 Å². The van der Waals surface area contributed by atoms with Crippen LogP contribution >= 0.6 is 0 Å². The number of nitrogens with zero attached hydrogens (tertiary/aromatic N) is 1. The molecule has 0 bridgehead atoms. The van der Waals surface area contributed by atoms with Gasteiger partial charge in [0.1, 0.15) is 0 Å². The zero-order valence-electron chi connectivity index (χ0n) is 13.1. The second-order valence-corrected chi connectivity index (χ2v) is 6.18. The lowest BCUT2D eigenvalue weighted by molar-refractivity contribution is 0.361. The maximum Gasteiger partial charge on any atom is 0.0440 e. The van der Waals surface area contributed by atoms with E-state index < -0.39 is 0 Å². The van der Waals surface area contributed by atoms with Crippen LogP contribution in [0.4, 0.5) is 5.69 Å². The summed E-state index contributed by atoms with van der Waals surface area (Å²) in [6.07, 6.45) is 8.28. The molecule has 1 saturated carbocycles. The van der Waals surface area contributed by atoms with Gasteiger partial charge in [0.15, 0.2) is 0 Å².